The van der Waals surface area contributed by atoms with Crippen molar-refractivity contribution in [3.63, 3.8) is 0 Å². The number of aliphatic imine (C=N–C) groups is 1. The van der Waals surface area contributed by atoms with Crippen molar-refractivity contribution in [1.29, 1.82) is 0 Å². The molecular weight excluding hydrogens is 382 g/mol. The number of nitro benzene ring substituents is 1. The maximum absolute atomic E-state index is 12.3. The monoisotopic (exact) mass is 411 g/mol. The lowest BCUT2D eigenvalue weighted by atomic mass is 10.2. The number of hydrogen-bond donors (Lipinski definition) is 2. The van der Waals surface area contributed by atoms with Crippen LogP contribution in [0, 0.1) is 10.1 Å². The van der Waals surface area contributed by atoms with Crippen LogP contribution in [0.3, 0.4) is 0 Å². The number of allylic oxidation sites excluding steroid dienone is 1. The number of rotatable bonds is 12. The molecule has 0 bridgehead atoms. The Morgan fingerprint density at radius 3 is 2.71 bits per heavy atom. The average molecular weight is 412 g/mol. The Morgan fingerprint density at radius 2 is 2.07 bits per heavy atom. The Bertz CT molecular complexity index is 780. The van der Waals surface area contributed by atoms with E-state index in [0.29, 0.717) is 12.5 Å². The van der Waals surface area contributed by atoms with Crippen LogP contribution in [-0.2, 0) is 10.0 Å². The van der Waals surface area contributed by atoms with Crippen LogP contribution < -0.4 is 10.0 Å². The molecule has 0 aliphatic rings. The molecule has 0 radical (unpaired) electrons. The van der Waals surface area contributed by atoms with Crippen molar-refractivity contribution >= 4 is 21.7 Å². The van der Waals surface area contributed by atoms with E-state index in [9.17, 15) is 18.5 Å². The number of unbranched alkanes of at least 4 members (excludes halogenated alkanes) is 3. The lowest BCUT2D eigenvalue weighted by molar-refractivity contribution is -0.385. The number of benzene rings is 1. The van der Waals surface area contributed by atoms with Gasteiger partial charge in [-0.2, -0.15) is 0 Å². The van der Waals surface area contributed by atoms with Gasteiger partial charge in [0.25, 0.3) is 5.69 Å². The fraction of sp³-hybridized carbons (Fsp3) is 0.500. The van der Waals surface area contributed by atoms with E-state index in [-0.39, 0.29) is 17.1 Å². The molecule has 0 unspecified atom stereocenters. The molecular formula is C18H29N5O4S. The third-order valence-electron chi connectivity index (χ3n) is 4.01. The summed E-state index contributed by atoms with van der Waals surface area (Å²) in [6.07, 6.45) is 6.18. The molecule has 1 rings (SSSR count). The summed E-state index contributed by atoms with van der Waals surface area (Å²) >= 11 is 0. The van der Waals surface area contributed by atoms with Crippen LogP contribution >= 0.6 is 0 Å². The first-order valence-corrected chi connectivity index (χ1v) is 10.6. The van der Waals surface area contributed by atoms with Crippen molar-refractivity contribution in [2.75, 3.05) is 33.7 Å². The van der Waals surface area contributed by atoms with Crippen molar-refractivity contribution in [3.8, 4) is 0 Å². The normalized spacial score (nSPS) is 11.9. The summed E-state index contributed by atoms with van der Waals surface area (Å²) < 4.78 is 27.0. The van der Waals surface area contributed by atoms with E-state index in [0.717, 1.165) is 38.3 Å². The smallest absolute Gasteiger partial charge is 0.270 e. The van der Waals surface area contributed by atoms with Gasteiger partial charge in [-0.25, -0.2) is 13.1 Å². The second-order valence-corrected chi connectivity index (χ2v) is 7.95. The molecule has 0 heterocycles. The maximum atomic E-state index is 12.3. The van der Waals surface area contributed by atoms with Gasteiger partial charge in [-0.15, -0.1) is 6.58 Å². The van der Waals surface area contributed by atoms with Gasteiger partial charge in [-0.3, -0.25) is 15.1 Å². The van der Waals surface area contributed by atoms with Gasteiger partial charge in [0.1, 0.15) is 0 Å². The highest BCUT2D eigenvalue weighted by molar-refractivity contribution is 7.89. The van der Waals surface area contributed by atoms with Gasteiger partial charge in [-0.1, -0.05) is 18.6 Å². The van der Waals surface area contributed by atoms with E-state index < -0.39 is 14.9 Å². The first kappa shape index (κ1) is 23.6. The van der Waals surface area contributed by atoms with Crippen LogP contribution in [0.15, 0.2) is 46.8 Å². The summed E-state index contributed by atoms with van der Waals surface area (Å²) in [6.45, 7) is 5.01. The zero-order chi connectivity index (χ0) is 21.0. The Hall–Kier alpha value is -2.46. The Balaban J connectivity index is 2.46. The van der Waals surface area contributed by atoms with E-state index >= 15 is 0 Å². The van der Waals surface area contributed by atoms with Crippen molar-refractivity contribution in [3.05, 3.63) is 47.0 Å². The number of non-ortho nitro benzene ring substituents is 1. The molecule has 0 saturated carbocycles. The molecule has 0 atom stereocenters. The van der Waals surface area contributed by atoms with E-state index in [2.05, 4.69) is 21.6 Å². The third-order valence-corrected chi connectivity index (χ3v) is 5.47. The van der Waals surface area contributed by atoms with Crippen molar-refractivity contribution in [2.24, 2.45) is 4.99 Å². The molecule has 0 aromatic heterocycles. The number of nitrogens with one attached hydrogen (secondary N) is 2. The summed E-state index contributed by atoms with van der Waals surface area (Å²) in [7, 11) is -0.223. The zero-order valence-corrected chi connectivity index (χ0v) is 17.2. The van der Waals surface area contributed by atoms with E-state index in [4.69, 9.17) is 0 Å². The minimum atomic E-state index is -3.82. The van der Waals surface area contributed by atoms with Crippen LogP contribution in [-0.4, -0.2) is 57.9 Å². The van der Waals surface area contributed by atoms with Crippen LogP contribution in [0.25, 0.3) is 0 Å². The van der Waals surface area contributed by atoms with Gasteiger partial charge in [-0.05, 0) is 25.3 Å². The number of guanidine groups is 1. The molecule has 9 nitrogen and oxygen atoms in total. The maximum Gasteiger partial charge on any atom is 0.270 e. The lowest BCUT2D eigenvalue weighted by Crippen LogP contribution is -2.42. The molecule has 28 heavy (non-hydrogen) atoms. The predicted octanol–water partition coefficient (Wildman–Crippen LogP) is 2.13. The van der Waals surface area contributed by atoms with Crippen LogP contribution in [0.1, 0.15) is 25.7 Å². The number of nitro groups is 1. The van der Waals surface area contributed by atoms with Gasteiger partial charge in [0.2, 0.25) is 10.0 Å². The van der Waals surface area contributed by atoms with Gasteiger partial charge in [0, 0.05) is 45.9 Å². The van der Waals surface area contributed by atoms with Crippen LogP contribution in [0.5, 0.6) is 0 Å². The molecule has 1 aromatic rings. The van der Waals surface area contributed by atoms with Crippen molar-refractivity contribution in [2.45, 2.75) is 30.6 Å². The molecule has 156 valence electrons. The first-order valence-electron chi connectivity index (χ1n) is 9.08. The van der Waals surface area contributed by atoms with Gasteiger partial charge in [0.15, 0.2) is 5.96 Å². The topological polar surface area (TPSA) is 117 Å². The summed E-state index contributed by atoms with van der Waals surface area (Å²) in [4.78, 5) is 16.2. The second-order valence-electron chi connectivity index (χ2n) is 6.19. The van der Waals surface area contributed by atoms with Crippen molar-refractivity contribution < 1.29 is 13.3 Å². The molecule has 0 amide bonds. The number of sulfonamides is 1. The van der Waals surface area contributed by atoms with E-state index in [1.165, 1.54) is 18.2 Å². The summed E-state index contributed by atoms with van der Waals surface area (Å²) in [5.74, 6) is 0.679. The minimum absolute atomic E-state index is 0.122. The van der Waals surface area contributed by atoms with Crippen LogP contribution in [0.2, 0.25) is 0 Å². The predicted molar refractivity (Wildman–Crippen MR) is 111 cm³/mol. The summed E-state index contributed by atoms with van der Waals surface area (Å²) in [5.41, 5.74) is -0.267. The van der Waals surface area contributed by atoms with E-state index in [1.807, 2.05) is 18.0 Å². The quantitative estimate of drug-likeness (QED) is 0.136. The molecule has 0 aliphatic heterocycles. The van der Waals surface area contributed by atoms with Gasteiger partial charge >= 0.3 is 0 Å². The molecule has 10 heteroatoms. The van der Waals surface area contributed by atoms with Gasteiger partial charge in [0.05, 0.1) is 9.82 Å². The molecule has 1 aromatic carbocycles. The fourth-order valence-corrected chi connectivity index (χ4v) is 3.58. The molecule has 0 spiro atoms. The third kappa shape index (κ3) is 8.05. The Labute approximate surface area is 166 Å². The molecule has 0 fully saturated rings. The average Bonchev–Trinajstić information content (AvgIpc) is 2.67. The SMILES string of the molecule is C=CCCCCCN(C)C(=NC)NCCNS(=O)(=O)c1cccc([N+](=O)[O-])c1. The highest BCUT2D eigenvalue weighted by Crippen LogP contribution is 2.16. The first-order chi connectivity index (χ1) is 13.3. The van der Waals surface area contributed by atoms with Crippen molar-refractivity contribution in [1.82, 2.24) is 14.9 Å². The molecule has 2 N–H and O–H groups in total. The highest BCUT2D eigenvalue weighted by Gasteiger charge is 2.17. The van der Waals surface area contributed by atoms with Crippen LogP contribution in [0.4, 0.5) is 5.69 Å². The summed E-state index contributed by atoms with van der Waals surface area (Å²) in [6, 6.07) is 4.95. The largest absolute Gasteiger partial charge is 0.355 e. The van der Waals surface area contributed by atoms with E-state index in [1.54, 1.807) is 7.05 Å². The summed E-state index contributed by atoms with van der Waals surface area (Å²) in [5, 5.41) is 13.9. The molecule has 0 aliphatic carbocycles. The molecule has 0 saturated heterocycles. The zero-order valence-electron chi connectivity index (χ0n) is 16.4. The minimum Gasteiger partial charge on any atom is -0.355 e. The number of hydrogen-bond acceptors (Lipinski definition) is 5. The fourth-order valence-electron chi connectivity index (χ4n) is 2.51. The second kappa shape index (κ2) is 12.1. The highest BCUT2D eigenvalue weighted by atomic mass is 32.2. The standard InChI is InChI=1S/C18H29N5O4S/c1-4-5-6-7-8-14-22(3)18(19-2)20-12-13-21-28(26,27)17-11-9-10-16(15-17)23(24)25/h4,9-11,15,21H,1,5-8,12-14H2,2-3H3,(H,19,20). The Morgan fingerprint density at radius 1 is 1.32 bits per heavy atom. The number of nitrogens with zero attached hydrogens (tertiary/aromatic N) is 3. The Kier molecular flexibility index (Phi) is 10.2. The van der Waals surface area contributed by atoms with Gasteiger partial charge < -0.3 is 10.2 Å². The lowest BCUT2D eigenvalue weighted by Gasteiger charge is -2.22.